The summed E-state index contributed by atoms with van der Waals surface area (Å²) in [5, 5.41) is 13.4. The fourth-order valence-corrected chi connectivity index (χ4v) is 2.10. The van der Waals surface area contributed by atoms with Crippen molar-refractivity contribution >= 4 is 0 Å². The Kier molecular flexibility index (Phi) is 4.72. The topological polar surface area (TPSA) is 50.7 Å². The lowest BCUT2D eigenvalue weighted by molar-refractivity contribution is 0.0268. The summed E-state index contributed by atoms with van der Waals surface area (Å²) >= 11 is 0. The van der Waals surface area contributed by atoms with E-state index in [2.05, 4.69) is 29.6 Å². The van der Waals surface area contributed by atoms with E-state index < -0.39 is 5.60 Å². The van der Waals surface area contributed by atoms with Crippen LogP contribution in [0, 0.1) is 0 Å². The largest absolute Gasteiger partial charge is 0.386 e. The van der Waals surface area contributed by atoms with Crippen molar-refractivity contribution in [3.05, 3.63) is 35.4 Å². The molecular weight excluding hydrogens is 230 g/mol. The van der Waals surface area contributed by atoms with Gasteiger partial charge in [0.2, 0.25) is 0 Å². The van der Waals surface area contributed by atoms with Gasteiger partial charge in [-0.3, -0.25) is 0 Å². The van der Waals surface area contributed by atoms with E-state index in [0.29, 0.717) is 32.8 Å². The molecule has 2 N–H and O–H groups in total. The smallest absolute Gasteiger partial charge is 0.102 e. The van der Waals surface area contributed by atoms with Gasteiger partial charge in [0, 0.05) is 33.2 Å². The van der Waals surface area contributed by atoms with E-state index in [9.17, 15) is 5.11 Å². The van der Waals surface area contributed by atoms with Crippen LogP contribution in [0.25, 0.3) is 0 Å². The maximum Gasteiger partial charge on any atom is 0.102 e. The molecule has 4 nitrogen and oxygen atoms in total. The lowest BCUT2D eigenvalue weighted by Crippen LogP contribution is -2.40. The number of rotatable bonds is 6. The summed E-state index contributed by atoms with van der Waals surface area (Å²) in [4.78, 5) is 0. The molecule has 1 aromatic carbocycles. The van der Waals surface area contributed by atoms with Gasteiger partial charge in [-0.1, -0.05) is 24.3 Å². The lowest BCUT2D eigenvalue weighted by Gasteiger charge is -2.20. The second kappa shape index (κ2) is 6.29. The number of ether oxygens (including phenoxy) is 2. The number of aliphatic hydroxyl groups is 1. The summed E-state index contributed by atoms with van der Waals surface area (Å²) in [6, 6.07) is 8.29. The molecule has 1 saturated heterocycles. The molecule has 100 valence electrons. The van der Waals surface area contributed by atoms with Gasteiger partial charge in [0.1, 0.15) is 5.60 Å². The average Bonchev–Trinajstić information content (AvgIpc) is 2.79. The second-order valence-corrected chi connectivity index (χ2v) is 4.88. The van der Waals surface area contributed by atoms with Crippen molar-refractivity contribution in [2.75, 3.05) is 26.9 Å². The fraction of sp³-hybridized carbons (Fsp3) is 0.571. The van der Waals surface area contributed by atoms with E-state index in [0.717, 1.165) is 6.54 Å². The highest BCUT2D eigenvalue weighted by molar-refractivity contribution is 5.21. The van der Waals surface area contributed by atoms with Crippen LogP contribution in [0.1, 0.15) is 17.5 Å². The van der Waals surface area contributed by atoms with Crippen molar-refractivity contribution in [2.24, 2.45) is 0 Å². The maximum atomic E-state index is 10.1. The first-order valence-electron chi connectivity index (χ1n) is 6.29. The Morgan fingerprint density at radius 1 is 1.33 bits per heavy atom. The van der Waals surface area contributed by atoms with E-state index in [1.54, 1.807) is 7.11 Å². The number of benzene rings is 1. The first kappa shape index (κ1) is 13.5. The number of nitrogens with one attached hydrogen (secondary N) is 1. The quantitative estimate of drug-likeness (QED) is 0.794. The van der Waals surface area contributed by atoms with Crippen molar-refractivity contribution in [2.45, 2.75) is 25.2 Å². The minimum atomic E-state index is -0.685. The molecule has 1 heterocycles. The molecule has 0 bridgehead atoms. The first-order valence-corrected chi connectivity index (χ1v) is 6.29. The van der Waals surface area contributed by atoms with Crippen molar-refractivity contribution < 1.29 is 14.6 Å². The molecule has 0 radical (unpaired) electrons. The molecule has 1 atom stereocenters. The van der Waals surface area contributed by atoms with Crippen LogP contribution in [0.2, 0.25) is 0 Å². The van der Waals surface area contributed by atoms with Crippen molar-refractivity contribution in [1.82, 2.24) is 5.32 Å². The number of methoxy groups -OCH3 is 1. The van der Waals surface area contributed by atoms with Gasteiger partial charge in [0.15, 0.2) is 0 Å². The zero-order valence-corrected chi connectivity index (χ0v) is 10.8. The molecule has 0 spiro atoms. The van der Waals surface area contributed by atoms with E-state index >= 15 is 0 Å². The summed E-state index contributed by atoms with van der Waals surface area (Å²) in [7, 11) is 1.69. The van der Waals surface area contributed by atoms with Crippen LogP contribution in [-0.2, 0) is 22.6 Å². The Labute approximate surface area is 108 Å². The summed E-state index contributed by atoms with van der Waals surface area (Å²) in [5.74, 6) is 0. The third-order valence-electron chi connectivity index (χ3n) is 3.20. The van der Waals surface area contributed by atoms with Gasteiger partial charge in [-0.2, -0.15) is 0 Å². The van der Waals surface area contributed by atoms with Gasteiger partial charge >= 0.3 is 0 Å². The van der Waals surface area contributed by atoms with Crippen molar-refractivity contribution in [1.29, 1.82) is 0 Å². The molecule has 1 unspecified atom stereocenters. The van der Waals surface area contributed by atoms with E-state index in [1.165, 1.54) is 11.1 Å². The predicted octanol–water partition coefficient (Wildman–Crippen LogP) is 1.07. The van der Waals surface area contributed by atoms with Crippen LogP contribution < -0.4 is 5.32 Å². The highest BCUT2D eigenvalue weighted by Crippen LogP contribution is 2.17. The molecule has 4 heteroatoms. The molecule has 1 aliphatic heterocycles. The van der Waals surface area contributed by atoms with E-state index in [1.807, 2.05) is 0 Å². The Hall–Kier alpha value is -0.940. The third kappa shape index (κ3) is 3.78. The molecule has 0 amide bonds. The van der Waals surface area contributed by atoms with Gasteiger partial charge in [0.05, 0.1) is 13.2 Å². The number of hydrogen-bond donors (Lipinski definition) is 2. The van der Waals surface area contributed by atoms with E-state index in [4.69, 9.17) is 9.47 Å². The third-order valence-corrected chi connectivity index (χ3v) is 3.20. The average molecular weight is 251 g/mol. The summed E-state index contributed by atoms with van der Waals surface area (Å²) in [5.41, 5.74) is 1.69. The highest BCUT2D eigenvalue weighted by Gasteiger charge is 2.31. The van der Waals surface area contributed by atoms with Gasteiger partial charge in [-0.15, -0.1) is 0 Å². The minimum Gasteiger partial charge on any atom is -0.386 e. The Balaban J connectivity index is 1.76. The SMILES string of the molecule is COCc1ccc(CNCC2(O)CCOC2)cc1. The molecule has 1 fully saturated rings. The zero-order valence-electron chi connectivity index (χ0n) is 10.8. The van der Waals surface area contributed by atoms with Crippen LogP contribution in [0.5, 0.6) is 0 Å². The Morgan fingerprint density at radius 2 is 2.06 bits per heavy atom. The highest BCUT2D eigenvalue weighted by atomic mass is 16.5. The Morgan fingerprint density at radius 3 is 2.67 bits per heavy atom. The molecule has 0 aromatic heterocycles. The van der Waals surface area contributed by atoms with Crippen molar-refractivity contribution in [3.8, 4) is 0 Å². The van der Waals surface area contributed by atoms with Crippen LogP contribution in [0.4, 0.5) is 0 Å². The zero-order chi connectivity index (χ0) is 12.8. The normalized spacial score (nSPS) is 23.4. The molecule has 18 heavy (non-hydrogen) atoms. The molecule has 0 saturated carbocycles. The fourth-order valence-electron chi connectivity index (χ4n) is 2.10. The monoisotopic (exact) mass is 251 g/mol. The van der Waals surface area contributed by atoms with Crippen LogP contribution in [-0.4, -0.2) is 37.6 Å². The molecule has 2 rings (SSSR count). The second-order valence-electron chi connectivity index (χ2n) is 4.88. The molecule has 0 aliphatic carbocycles. The summed E-state index contributed by atoms with van der Waals surface area (Å²) in [6.07, 6.45) is 0.715. The minimum absolute atomic E-state index is 0.437. The van der Waals surface area contributed by atoms with Gasteiger partial charge in [-0.05, 0) is 11.1 Å². The van der Waals surface area contributed by atoms with Crippen molar-refractivity contribution in [3.63, 3.8) is 0 Å². The first-order chi connectivity index (χ1) is 8.72. The van der Waals surface area contributed by atoms with Crippen LogP contribution >= 0.6 is 0 Å². The molecular formula is C14H21NO3. The summed E-state index contributed by atoms with van der Waals surface area (Å²) < 4.78 is 10.3. The standard InChI is InChI=1S/C14H21NO3/c1-17-9-13-4-2-12(3-5-13)8-15-10-14(16)6-7-18-11-14/h2-5,15-16H,6-11H2,1H3. The predicted molar refractivity (Wildman–Crippen MR) is 69.2 cm³/mol. The summed E-state index contributed by atoms with van der Waals surface area (Å²) in [6.45, 7) is 3.07. The van der Waals surface area contributed by atoms with Gasteiger partial charge in [0.25, 0.3) is 0 Å². The Bertz CT molecular complexity index is 358. The van der Waals surface area contributed by atoms with Gasteiger partial charge in [-0.25, -0.2) is 0 Å². The molecule has 1 aliphatic rings. The lowest BCUT2D eigenvalue weighted by atomic mass is 10.0. The molecule has 1 aromatic rings. The van der Waals surface area contributed by atoms with Crippen LogP contribution in [0.15, 0.2) is 24.3 Å². The van der Waals surface area contributed by atoms with Gasteiger partial charge < -0.3 is 19.9 Å². The number of hydrogen-bond acceptors (Lipinski definition) is 4. The van der Waals surface area contributed by atoms with Crippen LogP contribution in [0.3, 0.4) is 0 Å². The maximum absolute atomic E-state index is 10.1. The van der Waals surface area contributed by atoms with E-state index in [-0.39, 0.29) is 0 Å².